The third-order valence-electron chi connectivity index (χ3n) is 8.40. The third-order valence-corrected chi connectivity index (χ3v) is 8.40. The Labute approximate surface area is 255 Å². The number of aliphatic hydroxyl groups excluding tert-OH is 1. The minimum absolute atomic E-state index is 0.209. The lowest BCUT2D eigenvalue weighted by Crippen LogP contribution is -2.31. The van der Waals surface area contributed by atoms with Gasteiger partial charge in [0.15, 0.2) is 11.5 Å². The van der Waals surface area contributed by atoms with E-state index in [0.717, 1.165) is 114 Å². The van der Waals surface area contributed by atoms with Gasteiger partial charge in [-0.25, -0.2) is 0 Å². The molecule has 0 saturated heterocycles. The minimum atomic E-state index is -0.776. The summed E-state index contributed by atoms with van der Waals surface area (Å²) in [4.78, 5) is 21.3. The van der Waals surface area contributed by atoms with Crippen LogP contribution in [0.3, 0.4) is 0 Å². The van der Waals surface area contributed by atoms with Crippen LogP contribution in [-0.4, -0.2) is 43.6 Å². The van der Waals surface area contributed by atoms with Gasteiger partial charge in [-0.15, -0.1) is 0 Å². The molecule has 1 aliphatic heterocycles. The number of carboxylic acid groups (broad SMARTS) is 2. The first kappa shape index (κ1) is 34.2. The van der Waals surface area contributed by atoms with Crippen molar-refractivity contribution in [3.63, 3.8) is 0 Å². The van der Waals surface area contributed by atoms with Crippen molar-refractivity contribution >= 4 is 11.9 Å². The number of hydrogen-bond acceptors (Lipinski definition) is 6. The number of fused-ring (bicyclic) bond motifs is 1. The molecule has 0 amide bonds. The monoisotopic (exact) mass is 598 g/mol. The highest BCUT2D eigenvalue weighted by molar-refractivity contribution is 5.66. The Kier molecular flexibility index (Phi) is 14.7. The first-order valence-electron chi connectivity index (χ1n) is 16.2. The normalized spacial score (nSPS) is 16.0. The Balaban J connectivity index is 1.57. The van der Waals surface area contributed by atoms with Crippen molar-refractivity contribution in [2.75, 3.05) is 0 Å². The minimum Gasteiger partial charge on any atom is -0.504 e. The number of aliphatic hydroxyl groups is 1. The van der Waals surface area contributed by atoms with Crippen molar-refractivity contribution in [3.8, 4) is 17.2 Å². The molecule has 0 fully saturated rings. The number of carbonyl (C=O) groups is 2. The van der Waals surface area contributed by atoms with Crippen LogP contribution >= 0.6 is 0 Å². The van der Waals surface area contributed by atoms with Crippen LogP contribution in [0.4, 0.5) is 0 Å². The number of aromatic hydroxyl groups is 2. The molecule has 0 saturated carbocycles. The number of rotatable bonds is 21. The van der Waals surface area contributed by atoms with Gasteiger partial charge in [0.05, 0.1) is 6.10 Å². The first-order chi connectivity index (χ1) is 20.7. The van der Waals surface area contributed by atoms with Gasteiger partial charge in [0.25, 0.3) is 0 Å². The van der Waals surface area contributed by atoms with Crippen LogP contribution < -0.4 is 4.74 Å². The maximum Gasteiger partial charge on any atom is 0.303 e. The smallest absolute Gasteiger partial charge is 0.303 e. The van der Waals surface area contributed by atoms with Crippen LogP contribution in [0.2, 0.25) is 0 Å². The van der Waals surface area contributed by atoms with E-state index in [0.29, 0.717) is 12.0 Å². The highest BCUT2D eigenvalue weighted by atomic mass is 16.5. The van der Waals surface area contributed by atoms with Crippen molar-refractivity contribution in [2.45, 2.75) is 134 Å². The Bertz CT molecular complexity index is 1160. The lowest BCUT2D eigenvalue weighted by molar-refractivity contribution is -0.138. The molecule has 0 radical (unpaired) electrons. The molecule has 1 aliphatic rings. The number of aryl methyl sites for hydroxylation is 2. The van der Waals surface area contributed by atoms with Crippen molar-refractivity contribution in [3.05, 3.63) is 52.6 Å². The van der Waals surface area contributed by atoms with Crippen LogP contribution in [0, 0.1) is 0 Å². The molecule has 5 N–H and O–H groups in total. The SMILES string of the molecule is O=C(O)CCCCCCCCCc1cc(CCCCCCCCCC(=O)O)c2c(c1)O[C@@H](c1ccc(O)c(O)c1)[C@@H](O)C2. The number of phenolic OH excluding ortho intramolecular Hbond substituents is 2. The zero-order valence-electron chi connectivity index (χ0n) is 25.4. The topological polar surface area (TPSA) is 145 Å². The van der Waals surface area contributed by atoms with Gasteiger partial charge in [-0.2, -0.15) is 0 Å². The Hall–Kier alpha value is -3.26. The largest absolute Gasteiger partial charge is 0.504 e. The summed E-state index contributed by atoms with van der Waals surface area (Å²) >= 11 is 0. The molecule has 2 atom stereocenters. The van der Waals surface area contributed by atoms with Gasteiger partial charge in [-0.1, -0.05) is 76.3 Å². The number of hydrogen-bond donors (Lipinski definition) is 5. The molecule has 3 rings (SSSR count). The van der Waals surface area contributed by atoms with E-state index >= 15 is 0 Å². The van der Waals surface area contributed by atoms with Gasteiger partial charge in [0.1, 0.15) is 11.9 Å². The Morgan fingerprint density at radius 2 is 1.21 bits per heavy atom. The molecule has 8 heteroatoms. The number of carboxylic acids is 2. The number of benzene rings is 2. The third kappa shape index (κ3) is 12.1. The van der Waals surface area contributed by atoms with Gasteiger partial charge in [-0.05, 0) is 73.4 Å². The van der Waals surface area contributed by atoms with E-state index in [4.69, 9.17) is 14.9 Å². The summed E-state index contributed by atoms with van der Waals surface area (Å²) in [5.41, 5.74) is 4.11. The standard InChI is InChI=1S/C35H50O8/c36-29-20-19-27(23-30(29)37)35-31(38)24-28-26(16-12-8-4-2-6-10-14-18-34(41)42)21-25(22-32(28)43-35)15-11-7-3-1-5-9-13-17-33(39)40/h19-23,31,35-38H,1-18,24H2,(H,39,40)(H,41,42)/t31-,35-/m0/s1. The molecular weight excluding hydrogens is 548 g/mol. The molecule has 0 spiro atoms. The molecule has 1 heterocycles. The van der Waals surface area contributed by atoms with Crippen LogP contribution in [0.5, 0.6) is 17.2 Å². The molecule has 0 aliphatic carbocycles. The molecular formula is C35H50O8. The second kappa shape index (κ2) is 18.4. The van der Waals surface area contributed by atoms with E-state index in [-0.39, 0.29) is 24.3 Å². The number of phenols is 2. The van der Waals surface area contributed by atoms with E-state index in [2.05, 4.69) is 12.1 Å². The van der Waals surface area contributed by atoms with Crippen LogP contribution in [0.15, 0.2) is 30.3 Å². The van der Waals surface area contributed by atoms with Gasteiger partial charge in [-0.3, -0.25) is 9.59 Å². The van der Waals surface area contributed by atoms with E-state index in [1.165, 1.54) is 23.3 Å². The fourth-order valence-corrected chi connectivity index (χ4v) is 5.97. The lowest BCUT2D eigenvalue weighted by Gasteiger charge is -2.33. The van der Waals surface area contributed by atoms with Gasteiger partial charge >= 0.3 is 11.9 Å². The maximum atomic E-state index is 11.0. The predicted octanol–water partition coefficient (Wildman–Crippen LogP) is 7.63. The Morgan fingerprint density at radius 1 is 0.674 bits per heavy atom. The molecule has 2 aromatic carbocycles. The fraction of sp³-hybridized carbons (Fsp3) is 0.600. The summed E-state index contributed by atoms with van der Waals surface area (Å²) in [5.74, 6) is -1.11. The predicted molar refractivity (Wildman–Crippen MR) is 166 cm³/mol. The first-order valence-corrected chi connectivity index (χ1v) is 16.2. The molecule has 2 aromatic rings. The number of ether oxygens (including phenoxy) is 1. The summed E-state index contributed by atoms with van der Waals surface area (Å²) in [6.07, 6.45) is 15.8. The molecule has 0 bridgehead atoms. The average molecular weight is 599 g/mol. The van der Waals surface area contributed by atoms with Gasteiger partial charge < -0.3 is 30.3 Å². The van der Waals surface area contributed by atoms with Crippen LogP contribution in [0.25, 0.3) is 0 Å². The van der Waals surface area contributed by atoms with Gasteiger partial charge in [0, 0.05) is 24.8 Å². The highest BCUT2D eigenvalue weighted by Crippen LogP contribution is 2.40. The molecule has 0 unspecified atom stereocenters. The van der Waals surface area contributed by atoms with E-state index in [9.17, 15) is 24.9 Å². The molecule has 0 aromatic heterocycles. The fourth-order valence-electron chi connectivity index (χ4n) is 5.97. The van der Waals surface area contributed by atoms with Crippen molar-refractivity contribution < 1.29 is 39.9 Å². The zero-order valence-corrected chi connectivity index (χ0v) is 25.4. The quantitative estimate of drug-likeness (QED) is 0.0728. The highest BCUT2D eigenvalue weighted by Gasteiger charge is 2.32. The van der Waals surface area contributed by atoms with Crippen molar-refractivity contribution in [2.24, 2.45) is 0 Å². The zero-order chi connectivity index (χ0) is 31.0. The second-order valence-corrected chi connectivity index (χ2v) is 12.0. The number of aliphatic carboxylic acids is 2. The Morgan fingerprint density at radius 3 is 1.77 bits per heavy atom. The summed E-state index contributed by atoms with van der Waals surface area (Å²) < 4.78 is 6.38. The second-order valence-electron chi connectivity index (χ2n) is 12.0. The van der Waals surface area contributed by atoms with E-state index in [1.54, 1.807) is 6.07 Å². The lowest BCUT2D eigenvalue weighted by atomic mass is 9.88. The average Bonchev–Trinajstić information content (AvgIpc) is 2.96. The maximum absolute atomic E-state index is 11.0. The van der Waals surface area contributed by atoms with Gasteiger partial charge in [0.2, 0.25) is 0 Å². The molecule has 8 nitrogen and oxygen atoms in total. The summed E-state index contributed by atoms with van der Waals surface area (Å²) in [5, 5.41) is 48.3. The number of unbranched alkanes of at least 4 members (excludes halogenated alkanes) is 12. The molecule has 43 heavy (non-hydrogen) atoms. The van der Waals surface area contributed by atoms with E-state index < -0.39 is 24.1 Å². The van der Waals surface area contributed by atoms with Crippen LogP contribution in [-0.2, 0) is 28.9 Å². The molecule has 238 valence electrons. The van der Waals surface area contributed by atoms with E-state index in [1.807, 2.05) is 0 Å². The summed E-state index contributed by atoms with van der Waals surface area (Å²) in [7, 11) is 0. The summed E-state index contributed by atoms with van der Waals surface area (Å²) in [6.45, 7) is 0. The van der Waals surface area contributed by atoms with Crippen LogP contribution in [0.1, 0.15) is 131 Å². The van der Waals surface area contributed by atoms with Crippen molar-refractivity contribution in [1.29, 1.82) is 0 Å². The summed E-state index contributed by atoms with van der Waals surface area (Å²) in [6, 6.07) is 8.90. The van der Waals surface area contributed by atoms with Crippen molar-refractivity contribution in [1.82, 2.24) is 0 Å².